The molecule has 4 nitrogen and oxygen atoms in total. The number of nitrogens with one attached hydrogen (secondary N) is 1. The monoisotopic (exact) mass is 250 g/mol. The van der Waals surface area contributed by atoms with E-state index >= 15 is 0 Å². The lowest BCUT2D eigenvalue weighted by molar-refractivity contribution is -0.129. The summed E-state index contributed by atoms with van der Waals surface area (Å²) >= 11 is 0. The van der Waals surface area contributed by atoms with E-state index in [1.165, 1.54) is 0 Å². The molecule has 0 spiro atoms. The highest BCUT2D eigenvalue weighted by molar-refractivity contribution is 5.78. The van der Waals surface area contributed by atoms with Crippen LogP contribution in [0.4, 0.5) is 0 Å². The summed E-state index contributed by atoms with van der Waals surface area (Å²) in [6.07, 6.45) is 1.42. The van der Waals surface area contributed by atoms with Crippen LogP contribution in [0.2, 0.25) is 0 Å². The van der Waals surface area contributed by atoms with Crippen molar-refractivity contribution < 1.29 is 9.53 Å². The molecule has 4 heteroatoms. The Hall–Kier alpha value is -1.55. The summed E-state index contributed by atoms with van der Waals surface area (Å²) in [6.45, 7) is 1.72. The molecule has 0 aliphatic heterocycles. The summed E-state index contributed by atoms with van der Waals surface area (Å²) in [5, 5.41) is 3.07. The zero-order chi connectivity index (χ0) is 13.4. The number of methoxy groups -OCH3 is 1. The fourth-order valence-electron chi connectivity index (χ4n) is 1.67. The van der Waals surface area contributed by atoms with Gasteiger partial charge in [0.25, 0.3) is 0 Å². The SMILES string of the molecule is CNCCCN(C)C(=O)Cc1ccc(OC)cc1. The van der Waals surface area contributed by atoms with Gasteiger partial charge in [0, 0.05) is 13.6 Å². The Morgan fingerprint density at radius 2 is 2.00 bits per heavy atom. The molecule has 0 bridgehead atoms. The van der Waals surface area contributed by atoms with Gasteiger partial charge in [-0.25, -0.2) is 0 Å². The Kier molecular flexibility index (Phi) is 6.22. The highest BCUT2D eigenvalue weighted by Crippen LogP contribution is 2.12. The van der Waals surface area contributed by atoms with Gasteiger partial charge in [-0.3, -0.25) is 4.79 Å². The van der Waals surface area contributed by atoms with Crippen LogP contribution < -0.4 is 10.1 Å². The van der Waals surface area contributed by atoms with Gasteiger partial charge in [-0.05, 0) is 37.7 Å². The number of nitrogens with zero attached hydrogens (tertiary/aromatic N) is 1. The minimum absolute atomic E-state index is 0.149. The van der Waals surface area contributed by atoms with Crippen LogP contribution in [-0.2, 0) is 11.2 Å². The largest absolute Gasteiger partial charge is 0.497 e. The Morgan fingerprint density at radius 3 is 2.56 bits per heavy atom. The second kappa shape index (κ2) is 7.71. The smallest absolute Gasteiger partial charge is 0.226 e. The Balaban J connectivity index is 2.42. The molecule has 0 saturated carbocycles. The lowest BCUT2D eigenvalue weighted by Gasteiger charge is -2.17. The summed E-state index contributed by atoms with van der Waals surface area (Å²) < 4.78 is 5.08. The standard InChI is InChI=1S/C14H22N2O2/c1-15-9-4-10-16(2)14(17)11-12-5-7-13(18-3)8-6-12/h5-8,15H,4,9-11H2,1-3H3. The molecule has 0 aromatic heterocycles. The van der Waals surface area contributed by atoms with Gasteiger partial charge in [-0.15, -0.1) is 0 Å². The number of ether oxygens (including phenoxy) is 1. The molecule has 100 valence electrons. The molecule has 1 amide bonds. The van der Waals surface area contributed by atoms with Gasteiger partial charge < -0.3 is 15.0 Å². The molecule has 0 heterocycles. The first-order valence-electron chi connectivity index (χ1n) is 6.19. The van der Waals surface area contributed by atoms with Gasteiger partial charge in [0.1, 0.15) is 5.75 Å². The number of benzene rings is 1. The van der Waals surface area contributed by atoms with Crippen molar-refractivity contribution in [3.63, 3.8) is 0 Å². The topological polar surface area (TPSA) is 41.6 Å². The van der Waals surface area contributed by atoms with Crippen LogP contribution in [0, 0.1) is 0 Å². The van der Waals surface area contributed by atoms with Gasteiger partial charge in [0.05, 0.1) is 13.5 Å². The quantitative estimate of drug-likeness (QED) is 0.742. The van der Waals surface area contributed by atoms with Crippen molar-refractivity contribution >= 4 is 5.91 Å². The molecule has 0 radical (unpaired) electrons. The number of rotatable bonds is 7. The zero-order valence-corrected chi connectivity index (χ0v) is 11.4. The maximum atomic E-state index is 11.9. The average molecular weight is 250 g/mol. The summed E-state index contributed by atoms with van der Waals surface area (Å²) in [6, 6.07) is 7.61. The van der Waals surface area contributed by atoms with Gasteiger partial charge in [0.15, 0.2) is 0 Å². The van der Waals surface area contributed by atoms with Gasteiger partial charge in [-0.1, -0.05) is 12.1 Å². The van der Waals surface area contributed by atoms with Gasteiger partial charge in [0.2, 0.25) is 5.91 Å². The summed E-state index contributed by atoms with van der Waals surface area (Å²) in [5.74, 6) is 0.963. The molecule has 0 saturated heterocycles. The van der Waals surface area contributed by atoms with Crippen molar-refractivity contribution in [2.45, 2.75) is 12.8 Å². The molecule has 1 aromatic carbocycles. The third kappa shape index (κ3) is 4.75. The molecule has 0 atom stereocenters. The molecular formula is C14H22N2O2. The van der Waals surface area contributed by atoms with Crippen molar-refractivity contribution in [3.8, 4) is 5.75 Å². The highest BCUT2D eigenvalue weighted by atomic mass is 16.5. The van der Waals surface area contributed by atoms with Crippen LogP contribution in [-0.4, -0.2) is 45.1 Å². The number of carbonyl (C=O) groups excluding carboxylic acids is 1. The number of carbonyl (C=O) groups is 1. The van der Waals surface area contributed by atoms with Crippen molar-refractivity contribution in [2.24, 2.45) is 0 Å². The second-order valence-electron chi connectivity index (χ2n) is 4.30. The van der Waals surface area contributed by atoms with Crippen molar-refractivity contribution in [1.82, 2.24) is 10.2 Å². The molecule has 1 rings (SSSR count). The van der Waals surface area contributed by atoms with E-state index in [0.717, 1.165) is 30.8 Å². The molecule has 1 aromatic rings. The fourth-order valence-corrected chi connectivity index (χ4v) is 1.67. The van der Waals surface area contributed by atoms with Crippen LogP contribution in [0.3, 0.4) is 0 Å². The van der Waals surface area contributed by atoms with Crippen LogP contribution in [0.1, 0.15) is 12.0 Å². The molecule has 0 aliphatic rings. The van der Waals surface area contributed by atoms with E-state index in [9.17, 15) is 4.79 Å². The minimum atomic E-state index is 0.149. The van der Waals surface area contributed by atoms with Crippen LogP contribution in [0.5, 0.6) is 5.75 Å². The maximum absolute atomic E-state index is 11.9. The third-order valence-electron chi connectivity index (χ3n) is 2.86. The van der Waals surface area contributed by atoms with Crippen molar-refractivity contribution in [2.75, 3.05) is 34.3 Å². The average Bonchev–Trinajstić information content (AvgIpc) is 2.39. The lowest BCUT2D eigenvalue weighted by atomic mass is 10.1. The van der Waals surface area contributed by atoms with E-state index < -0.39 is 0 Å². The predicted molar refractivity (Wildman–Crippen MR) is 72.9 cm³/mol. The van der Waals surface area contributed by atoms with E-state index in [4.69, 9.17) is 4.74 Å². The third-order valence-corrected chi connectivity index (χ3v) is 2.86. The predicted octanol–water partition coefficient (Wildman–Crippen LogP) is 1.31. The first-order valence-corrected chi connectivity index (χ1v) is 6.19. The van der Waals surface area contributed by atoms with Gasteiger partial charge >= 0.3 is 0 Å². The van der Waals surface area contributed by atoms with E-state index in [-0.39, 0.29) is 5.91 Å². The first-order chi connectivity index (χ1) is 8.67. The van der Waals surface area contributed by atoms with Gasteiger partial charge in [-0.2, -0.15) is 0 Å². The number of amides is 1. The van der Waals surface area contributed by atoms with Crippen LogP contribution >= 0.6 is 0 Å². The molecule has 0 unspecified atom stereocenters. The summed E-state index contributed by atoms with van der Waals surface area (Å²) in [5.41, 5.74) is 1.02. The summed E-state index contributed by atoms with van der Waals surface area (Å²) in [4.78, 5) is 13.7. The van der Waals surface area contributed by atoms with Crippen molar-refractivity contribution in [1.29, 1.82) is 0 Å². The number of hydrogen-bond donors (Lipinski definition) is 1. The lowest BCUT2D eigenvalue weighted by Crippen LogP contribution is -2.30. The summed E-state index contributed by atoms with van der Waals surface area (Å²) in [7, 11) is 5.40. The normalized spacial score (nSPS) is 10.2. The van der Waals surface area contributed by atoms with E-state index in [2.05, 4.69) is 5.32 Å². The number of likely N-dealkylation sites (N-methyl/N-ethyl adjacent to an activating group) is 1. The molecule has 0 fully saturated rings. The van der Waals surface area contributed by atoms with E-state index in [0.29, 0.717) is 6.42 Å². The molecule has 18 heavy (non-hydrogen) atoms. The number of hydrogen-bond acceptors (Lipinski definition) is 3. The first kappa shape index (κ1) is 14.5. The minimum Gasteiger partial charge on any atom is -0.497 e. The Labute approximate surface area is 109 Å². The second-order valence-corrected chi connectivity index (χ2v) is 4.30. The fraction of sp³-hybridized carbons (Fsp3) is 0.500. The van der Waals surface area contributed by atoms with E-state index in [1.807, 2.05) is 38.4 Å². The van der Waals surface area contributed by atoms with Crippen LogP contribution in [0.15, 0.2) is 24.3 Å². The maximum Gasteiger partial charge on any atom is 0.226 e. The molecule has 0 aliphatic carbocycles. The van der Waals surface area contributed by atoms with Crippen molar-refractivity contribution in [3.05, 3.63) is 29.8 Å². The Morgan fingerprint density at radius 1 is 1.33 bits per heavy atom. The Bertz CT molecular complexity index is 363. The van der Waals surface area contributed by atoms with Crippen LogP contribution in [0.25, 0.3) is 0 Å². The molecule has 1 N–H and O–H groups in total. The zero-order valence-electron chi connectivity index (χ0n) is 11.4. The highest BCUT2D eigenvalue weighted by Gasteiger charge is 2.09. The molecular weight excluding hydrogens is 228 g/mol. The van der Waals surface area contributed by atoms with E-state index in [1.54, 1.807) is 12.0 Å².